The molecule has 8 aromatic rings. The van der Waals surface area contributed by atoms with Crippen LogP contribution in [0.2, 0.25) is 0 Å². The average molecular weight is 584 g/mol. The molecule has 0 fully saturated rings. The van der Waals surface area contributed by atoms with Gasteiger partial charge < -0.3 is 0 Å². The van der Waals surface area contributed by atoms with Crippen molar-refractivity contribution in [3.63, 3.8) is 0 Å². The molecule has 0 aliphatic heterocycles. The number of hydrogen-bond acceptors (Lipinski definition) is 0. The maximum absolute atomic E-state index is 2.53. The zero-order valence-corrected chi connectivity index (χ0v) is 27.0. The minimum Gasteiger partial charge on any atom is -0.225 e. The van der Waals surface area contributed by atoms with Gasteiger partial charge in [-0.3, -0.25) is 0 Å². The van der Waals surface area contributed by atoms with Crippen molar-refractivity contribution in [2.24, 2.45) is 7.05 Å². The summed E-state index contributed by atoms with van der Waals surface area (Å²) in [7, 11) is 2.24. The summed E-state index contributed by atoms with van der Waals surface area (Å²) in [6.07, 6.45) is 0. The van der Waals surface area contributed by atoms with E-state index in [4.69, 9.17) is 0 Å². The molecule has 45 heavy (non-hydrogen) atoms. The van der Waals surface area contributed by atoms with Crippen LogP contribution in [0.4, 0.5) is 0 Å². The van der Waals surface area contributed by atoms with E-state index in [2.05, 4.69) is 166 Å². The molecule has 0 radical (unpaired) electrons. The van der Waals surface area contributed by atoms with Crippen molar-refractivity contribution in [3.05, 3.63) is 132 Å². The van der Waals surface area contributed by atoms with Gasteiger partial charge in [-0.15, -0.1) is 0 Å². The minimum absolute atomic E-state index is 0.382. The molecule has 0 unspecified atom stereocenters. The van der Waals surface area contributed by atoms with Crippen LogP contribution < -0.4 is 4.57 Å². The van der Waals surface area contributed by atoms with Crippen LogP contribution in [-0.4, -0.2) is 4.40 Å². The maximum Gasteiger partial charge on any atom is 0.295 e. The van der Waals surface area contributed by atoms with Crippen LogP contribution in [0.5, 0.6) is 0 Å². The molecule has 0 aliphatic carbocycles. The van der Waals surface area contributed by atoms with E-state index in [0.717, 1.165) is 0 Å². The summed E-state index contributed by atoms with van der Waals surface area (Å²) in [4.78, 5) is 0. The highest BCUT2D eigenvalue weighted by Gasteiger charge is 2.27. The number of aryl methyl sites for hydroxylation is 2. The Hall–Kier alpha value is -4.95. The van der Waals surface area contributed by atoms with E-state index in [1.807, 2.05) is 0 Å². The van der Waals surface area contributed by atoms with Gasteiger partial charge in [-0.1, -0.05) is 113 Å². The van der Waals surface area contributed by atoms with Crippen molar-refractivity contribution in [3.8, 4) is 22.3 Å². The molecule has 220 valence electrons. The van der Waals surface area contributed by atoms with Crippen LogP contribution >= 0.6 is 0 Å². The van der Waals surface area contributed by atoms with E-state index in [1.54, 1.807) is 0 Å². The highest BCUT2D eigenvalue weighted by Crippen LogP contribution is 2.42. The van der Waals surface area contributed by atoms with E-state index in [0.29, 0.717) is 11.8 Å². The van der Waals surface area contributed by atoms with Crippen molar-refractivity contribution in [1.29, 1.82) is 0 Å². The highest BCUT2D eigenvalue weighted by molar-refractivity contribution is 6.16. The number of aromatic nitrogens is 2. The molecule has 2 heterocycles. The normalized spacial score (nSPS) is 12.2. The monoisotopic (exact) mass is 583 g/mol. The molecular formula is C43H39N2+. The van der Waals surface area contributed by atoms with Gasteiger partial charge in [0, 0.05) is 16.2 Å². The predicted octanol–water partition coefficient (Wildman–Crippen LogP) is 11.3. The SMILES string of the molecule is Cc1cccc2c3ccc(-c4c(C(C)C)cc(-c5ccccc5)cc4C(C)C)cc3n3c4ccc5ccccc5c4[n+](C)c3c12. The number of hydrogen-bond donors (Lipinski definition) is 0. The average Bonchev–Trinajstić information content (AvgIpc) is 3.37. The van der Waals surface area contributed by atoms with Crippen LogP contribution in [0.1, 0.15) is 56.2 Å². The van der Waals surface area contributed by atoms with Gasteiger partial charge in [0.2, 0.25) is 0 Å². The molecule has 0 bridgehead atoms. The van der Waals surface area contributed by atoms with Gasteiger partial charge in [0.1, 0.15) is 5.52 Å². The number of benzene rings is 6. The fourth-order valence-corrected chi connectivity index (χ4v) is 7.69. The number of nitrogens with zero attached hydrogens (tertiary/aromatic N) is 2. The minimum atomic E-state index is 0.382. The first-order valence-electron chi connectivity index (χ1n) is 16.2. The van der Waals surface area contributed by atoms with Crippen molar-refractivity contribution in [2.75, 3.05) is 0 Å². The lowest BCUT2D eigenvalue weighted by molar-refractivity contribution is -0.616. The summed E-state index contributed by atoms with van der Waals surface area (Å²) in [6, 6.07) is 43.0. The molecule has 0 N–H and O–H groups in total. The lowest BCUT2D eigenvalue weighted by Gasteiger charge is -2.22. The molecule has 0 atom stereocenters. The summed E-state index contributed by atoms with van der Waals surface area (Å²) in [6.45, 7) is 11.6. The number of rotatable bonds is 4. The molecule has 8 rings (SSSR count). The lowest BCUT2D eigenvalue weighted by Crippen LogP contribution is -2.27. The topological polar surface area (TPSA) is 8.29 Å². The molecule has 0 aliphatic rings. The standard InChI is InChI=1S/C43H39N2/c1-26(2)36-23-32(29-14-8-7-9-15-29)24-37(27(3)4)41(36)31-19-21-34-35-18-12-13-28(5)40(35)43-44(6)42-33-17-11-10-16-30(33)20-22-38(42)45(43)39(34)25-31/h7-27H,1-6H3/q+1. The second kappa shape index (κ2) is 10.3. The summed E-state index contributed by atoms with van der Waals surface area (Å²) in [5, 5.41) is 6.46. The lowest BCUT2D eigenvalue weighted by atomic mass is 9.82. The zero-order chi connectivity index (χ0) is 31.0. The van der Waals surface area contributed by atoms with E-state index < -0.39 is 0 Å². The van der Waals surface area contributed by atoms with Gasteiger partial charge in [0.25, 0.3) is 5.65 Å². The third kappa shape index (κ3) is 4.12. The summed E-state index contributed by atoms with van der Waals surface area (Å²) < 4.78 is 4.95. The Morgan fingerprint density at radius 3 is 1.98 bits per heavy atom. The van der Waals surface area contributed by atoms with Crippen LogP contribution in [0.3, 0.4) is 0 Å². The quantitative estimate of drug-likeness (QED) is 0.144. The Morgan fingerprint density at radius 1 is 0.556 bits per heavy atom. The molecule has 2 aromatic heterocycles. The fraction of sp³-hybridized carbons (Fsp3) is 0.186. The van der Waals surface area contributed by atoms with Crippen molar-refractivity contribution in [2.45, 2.75) is 46.5 Å². The van der Waals surface area contributed by atoms with E-state index in [-0.39, 0.29) is 0 Å². The van der Waals surface area contributed by atoms with Crippen molar-refractivity contribution >= 4 is 49.1 Å². The second-order valence-corrected chi connectivity index (χ2v) is 13.3. The van der Waals surface area contributed by atoms with Crippen LogP contribution in [0, 0.1) is 6.92 Å². The predicted molar refractivity (Wildman–Crippen MR) is 192 cm³/mol. The second-order valence-electron chi connectivity index (χ2n) is 13.3. The summed E-state index contributed by atoms with van der Waals surface area (Å²) >= 11 is 0. The number of pyridine rings is 1. The molecule has 2 nitrogen and oxygen atoms in total. The van der Waals surface area contributed by atoms with Crippen molar-refractivity contribution < 1.29 is 4.57 Å². The Balaban J connectivity index is 1.53. The zero-order valence-electron chi connectivity index (χ0n) is 27.0. The summed E-state index contributed by atoms with van der Waals surface area (Å²) in [5.41, 5.74) is 14.3. The Kier molecular flexibility index (Phi) is 6.32. The van der Waals surface area contributed by atoms with Crippen LogP contribution in [0.15, 0.2) is 115 Å². The van der Waals surface area contributed by atoms with Crippen LogP contribution in [0.25, 0.3) is 71.4 Å². The molecule has 0 saturated carbocycles. The molecule has 0 spiro atoms. The van der Waals surface area contributed by atoms with Gasteiger partial charge in [-0.25, -0.2) is 4.57 Å². The van der Waals surface area contributed by atoms with Crippen molar-refractivity contribution in [1.82, 2.24) is 4.40 Å². The van der Waals surface area contributed by atoms with Crippen LogP contribution in [-0.2, 0) is 7.05 Å². The Bertz CT molecular complexity index is 2410. The third-order valence-corrected chi connectivity index (χ3v) is 9.85. The first-order chi connectivity index (χ1) is 21.8. The fourth-order valence-electron chi connectivity index (χ4n) is 7.69. The molecule has 6 aromatic carbocycles. The van der Waals surface area contributed by atoms with E-state index in [1.165, 1.54) is 88.1 Å². The number of imidazole rings is 1. The third-order valence-electron chi connectivity index (χ3n) is 9.85. The van der Waals surface area contributed by atoms with Gasteiger partial charge in [-0.2, -0.15) is 4.40 Å². The Morgan fingerprint density at radius 2 is 1.24 bits per heavy atom. The smallest absolute Gasteiger partial charge is 0.225 e. The van der Waals surface area contributed by atoms with Gasteiger partial charge in [0.05, 0.1) is 12.4 Å². The maximum atomic E-state index is 2.53. The largest absolute Gasteiger partial charge is 0.295 e. The van der Waals surface area contributed by atoms with Gasteiger partial charge in [0.15, 0.2) is 11.0 Å². The molecule has 2 heteroatoms. The van der Waals surface area contributed by atoms with Gasteiger partial charge in [-0.05, 0) is 93.4 Å². The summed E-state index contributed by atoms with van der Waals surface area (Å²) in [5.74, 6) is 0.764. The van der Waals surface area contributed by atoms with E-state index in [9.17, 15) is 0 Å². The molecule has 0 saturated heterocycles. The van der Waals surface area contributed by atoms with Gasteiger partial charge >= 0.3 is 0 Å². The Labute approximate surface area is 265 Å². The first kappa shape index (κ1) is 27.6. The van der Waals surface area contributed by atoms with E-state index >= 15 is 0 Å². The highest BCUT2D eigenvalue weighted by atomic mass is 15.1. The molecular weight excluding hydrogens is 544 g/mol. The molecule has 0 amide bonds. The first-order valence-corrected chi connectivity index (χ1v) is 16.2. The number of fused-ring (bicyclic) bond motifs is 10.